The van der Waals surface area contributed by atoms with Gasteiger partial charge in [-0.2, -0.15) is 4.80 Å². The van der Waals surface area contributed by atoms with Crippen LogP contribution in [0.4, 0.5) is 5.69 Å². The van der Waals surface area contributed by atoms with Gasteiger partial charge in [0.15, 0.2) is 0 Å². The topological polar surface area (TPSA) is 73.0 Å². The molecular formula is C27H21ClN4O2. The van der Waals surface area contributed by atoms with Crippen molar-refractivity contribution in [3.05, 3.63) is 101 Å². The van der Waals surface area contributed by atoms with Gasteiger partial charge in [-0.05, 0) is 86.2 Å². The summed E-state index contributed by atoms with van der Waals surface area (Å²) in [6.07, 6.45) is 3.06. The van der Waals surface area contributed by atoms with Gasteiger partial charge >= 0.3 is 0 Å². The molecule has 0 radical (unpaired) electrons. The summed E-state index contributed by atoms with van der Waals surface area (Å²) in [6.45, 7) is 4.09. The first kappa shape index (κ1) is 21.7. The van der Waals surface area contributed by atoms with Gasteiger partial charge in [0.25, 0.3) is 0 Å². The number of aromatic nitrogens is 3. The number of hydrogen-bond acceptors (Lipinski definition) is 4. The Hall–Kier alpha value is -4.16. The molecule has 34 heavy (non-hydrogen) atoms. The standard InChI is InChI=1S/C27H21ClN4O2/c1-17-3-12-25(18(2)15-17)32-30-23-11-8-21(16-24(23)31-32)29-27(33)14-10-22-9-13-26(34-22)19-4-6-20(28)7-5-19/h3-16H,1-2H3,(H,29,33). The normalized spacial score (nSPS) is 11.4. The van der Waals surface area contributed by atoms with Crippen molar-refractivity contribution in [3.8, 4) is 17.0 Å². The molecule has 0 saturated heterocycles. The summed E-state index contributed by atoms with van der Waals surface area (Å²) in [7, 11) is 0. The van der Waals surface area contributed by atoms with Crippen LogP contribution in [0.3, 0.4) is 0 Å². The number of nitrogens with one attached hydrogen (secondary N) is 1. The zero-order valence-corrected chi connectivity index (χ0v) is 19.4. The Kier molecular flexibility index (Phi) is 5.74. The predicted octanol–water partition coefficient (Wildman–Crippen LogP) is 6.60. The van der Waals surface area contributed by atoms with E-state index in [-0.39, 0.29) is 5.91 Å². The Morgan fingerprint density at radius 2 is 1.74 bits per heavy atom. The van der Waals surface area contributed by atoms with Gasteiger partial charge in [0, 0.05) is 22.3 Å². The maximum absolute atomic E-state index is 12.4. The molecule has 0 aliphatic rings. The molecule has 0 unspecified atom stereocenters. The van der Waals surface area contributed by atoms with E-state index in [1.165, 1.54) is 11.6 Å². The van der Waals surface area contributed by atoms with E-state index in [1.54, 1.807) is 35.1 Å². The molecule has 0 fully saturated rings. The van der Waals surface area contributed by atoms with E-state index < -0.39 is 0 Å². The number of hydrogen-bond donors (Lipinski definition) is 1. The fourth-order valence-electron chi connectivity index (χ4n) is 3.68. The van der Waals surface area contributed by atoms with Crippen molar-refractivity contribution in [2.24, 2.45) is 0 Å². The van der Waals surface area contributed by atoms with Gasteiger partial charge in [0.1, 0.15) is 22.6 Å². The second kappa shape index (κ2) is 9.00. The molecular weight excluding hydrogens is 448 g/mol. The van der Waals surface area contributed by atoms with Crippen molar-refractivity contribution in [2.75, 3.05) is 5.32 Å². The smallest absolute Gasteiger partial charge is 0.248 e. The van der Waals surface area contributed by atoms with E-state index in [0.29, 0.717) is 27.7 Å². The fraction of sp³-hybridized carbons (Fsp3) is 0.0741. The number of furan rings is 1. The third-order valence-electron chi connectivity index (χ3n) is 5.37. The molecule has 7 heteroatoms. The summed E-state index contributed by atoms with van der Waals surface area (Å²) >= 11 is 5.93. The Balaban J connectivity index is 1.29. The second-order valence-corrected chi connectivity index (χ2v) is 8.45. The molecule has 1 N–H and O–H groups in total. The van der Waals surface area contributed by atoms with E-state index in [1.807, 2.05) is 49.4 Å². The summed E-state index contributed by atoms with van der Waals surface area (Å²) in [5.74, 6) is 1.01. The van der Waals surface area contributed by atoms with Crippen LogP contribution in [0.1, 0.15) is 16.9 Å². The lowest BCUT2D eigenvalue weighted by Gasteiger charge is -2.04. The summed E-state index contributed by atoms with van der Waals surface area (Å²) in [4.78, 5) is 14.1. The quantitative estimate of drug-likeness (QED) is 0.295. The van der Waals surface area contributed by atoms with Gasteiger partial charge in [-0.3, -0.25) is 4.79 Å². The number of benzene rings is 3. The number of fused-ring (bicyclic) bond motifs is 1. The van der Waals surface area contributed by atoms with E-state index in [4.69, 9.17) is 16.0 Å². The highest BCUT2D eigenvalue weighted by atomic mass is 35.5. The minimum absolute atomic E-state index is 0.273. The third-order valence-corrected chi connectivity index (χ3v) is 5.62. The molecule has 2 aromatic heterocycles. The average molecular weight is 469 g/mol. The fourth-order valence-corrected chi connectivity index (χ4v) is 3.81. The van der Waals surface area contributed by atoms with E-state index in [0.717, 1.165) is 22.3 Å². The Bertz CT molecular complexity index is 1530. The van der Waals surface area contributed by atoms with Gasteiger partial charge in [-0.1, -0.05) is 29.3 Å². The molecule has 0 aliphatic carbocycles. The number of amides is 1. The molecule has 0 saturated carbocycles. The Morgan fingerprint density at radius 1 is 0.941 bits per heavy atom. The molecule has 5 rings (SSSR count). The van der Waals surface area contributed by atoms with Crippen LogP contribution in [0.15, 0.2) is 83.3 Å². The van der Waals surface area contributed by atoms with Crippen molar-refractivity contribution in [2.45, 2.75) is 13.8 Å². The SMILES string of the molecule is Cc1ccc(-n2nc3ccc(NC(=O)C=Cc4ccc(-c5ccc(Cl)cc5)o4)cc3n2)c(C)c1. The van der Waals surface area contributed by atoms with Crippen LogP contribution in [0, 0.1) is 13.8 Å². The number of halogens is 1. The van der Waals surface area contributed by atoms with Crippen LogP contribution >= 0.6 is 11.6 Å². The monoisotopic (exact) mass is 468 g/mol. The van der Waals surface area contributed by atoms with Gasteiger partial charge in [0.05, 0.1) is 5.69 Å². The average Bonchev–Trinajstić information content (AvgIpc) is 3.45. The number of rotatable bonds is 5. The Labute approximate surface area is 201 Å². The maximum Gasteiger partial charge on any atom is 0.248 e. The van der Waals surface area contributed by atoms with E-state index >= 15 is 0 Å². The molecule has 5 aromatic rings. The van der Waals surface area contributed by atoms with Crippen molar-refractivity contribution >= 4 is 40.3 Å². The van der Waals surface area contributed by atoms with Crippen molar-refractivity contribution in [1.82, 2.24) is 15.0 Å². The summed E-state index contributed by atoms with van der Waals surface area (Å²) in [5, 5.41) is 12.7. The van der Waals surface area contributed by atoms with Gasteiger partial charge in [-0.15, -0.1) is 10.2 Å². The third kappa shape index (κ3) is 4.63. The number of carbonyl (C=O) groups excluding carboxylic acids is 1. The number of anilines is 1. The molecule has 1 amide bonds. The lowest BCUT2D eigenvalue weighted by molar-refractivity contribution is -0.111. The van der Waals surface area contributed by atoms with Crippen LogP contribution in [0.25, 0.3) is 34.1 Å². The van der Waals surface area contributed by atoms with E-state index in [9.17, 15) is 4.79 Å². The maximum atomic E-state index is 12.4. The zero-order chi connectivity index (χ0) is 23.7. The van der Waals surface area contributed by atoms with Gasteiger partial charge in [-0.25, -0.2) is 0 Å². The highest BCUT2D eigenvalue weighted by molar-refractivity contribution is 6.30. The zero-order valence-electron chi connectivity index (χ0n) is 18.6. The highest BCUT2D eigenvalue weighted by Gasteiger charge is 2.09. The first-order valence-electron chi connectivity index (χ1n) is 10.7. The molecule has 0 bridgehead atoms. The number of carbonyl (C=O) groups is 1. The van der Waals surface area contributed by atoms with Crippen LogP contribution in [-0.2, 0) is 4.79 Å². The minimum Gasteiger partial charge on any atom is -0.457 e. The number of aryl methyl sites for hydroxylation is 2. The van der Waals surface area contributed by atoms with Gasteiger partial charge in [0.2, 0.25) is 5.91 Å². The van der Waals surface area contributed by atoms with Crippen LogP contribution in [-0.4, -0.2) is 20.9 Å². The van der Waals surface area contributed by atoms with E-state index in [2.05, 4.69) is 28.5 Å². The summed E-state index contributed by atoms with van der Waals surface area (Å²) < 4.78 is 5.80. The lowest BCUT2D eigenvalue weighted by Crippen LogP contribution is -2.07. The molecule has 2 heterocycles. The van der Waals surface area contributed by atoms with Crippen LogP contribution in [0.2, 0.25) is 5.02 Å². The van der Waals surface area contributed by atoms with Crippen molar-refractivity contribution in [1.29, 1.82) is 0 Å². The highest BCUT2D eigenvalue weighted by Crippen LogP contribution is 2.24. The first-order valence-corrected chi connectivity index (χ1v) is 11.1. The van der Waals surface area contributed by atoms with Crippen LogP contribution in [0.5, 0.6) is 0 Å². The summed E-state index contributed by atoms with van der Waals surface area (Å²) in [6, 6.07) is 22.6. The van der Waals surface area contributed by atoms with Crippen LogP contribution < -0.4 is 5.32 Å². The molecule has 0 aliphatic heterocycles. The Morgan fingerprint density at radius 3 is 2.53 bits per heavy atom. The molecule has 6 nitrogen and oxygen atoms in total. The minimum atomic E-state index is -0.273. The molecule has 168 valence electrons. The largest absolute Gasteiger partial charge is 0.457 e. The molecule has 0 spiro atoms. The molecule has 3 aromatic carbocycles. The second-order valence-electron chi connectivity index (χ2n) is 8.01. The first-order chi connectivity index (χ1) is 16.4. The number of nitrogens with zero attached hydrogens (tertiary/aromatic N) is 3. The predicted molar refractivity (Wildman–Crippen MR) is 135 cm³/mol. The van der Waals surface area contributed by atoms with Crippen molar-refractivity contribution < 1.29 is 9.21 Å². The lowest BCUT2D eigenvalue weighted by atomic mass is 10.1. The van der Waals surface area contributed by atoms with Crippen molar-refractivity contribution in [3.63, 3.8) is 0 Å². The summed E-state index contributed by atoms with van der Waals surface area (Å²) in [5.41, 5.74) is 6.20. The van der Waals surface area contributed by atoms with Gasteiger partial charge < -0.3 is 9.73 Å². The molecule has 0 atom stereocenters.